The van der Waals surface area contributed by atoms with Crippen LogP contribution in [0.15, 0.2) is 18.7 Å². The third-order valence-corrected chi connectivity index (χ3v) is 4.71. The van der Waals surface area contributed by atoms with Crippen molar-refractivity contribution < 1.29 is 23.4 Å². The van der Waals surface area contributed by atoms with Crippen molar-refractivity contribution in [2.45, 2.75) is 26.2 Å². The molecule has 0 fully saturated rings. The van der Waals surface area contributed by atoms with Gasteiger partial charge in [0.1, 0.15) is 34.1 Å². The predicted octanol–water partition coefficient (Wildman–Crippen LogP) is 0.257. The topological polar surface area (TPSA) is 227 Å². The van der Waals surface area contributed by atoms with Crippen LogP contribution in [0.3, 0.4) is 0 Å². The van der Waals surface area contributed by atoms with Crippen LogP contribution >= 0.6 is 0 Å². The van der Waals surface area contributed by atoms with Gasteiger partial charge in [-0.2, -0.15) is 13.2 Å². The molecule has 4 aromatic rings. The van der Waals surface area contributed by atoms with Crippen molar-refractivity contribution in [3.05, 3.63) is 41.8 Å². The molecule has 0 atom stereocenters. The molecule has 196 valence electrons. The second kappa shape index (κ2) is 11.0. The fourth-order valence-corrected chi connectivity index (χ4v) is 3.17. The molecule has 0 aliphatic heterocycles. The Kier molecular flexibility index (Phi) is 8.08. The molecule has 4 rings (SSSR count). The minimum Gasteiger partial charge on any atom is -0.395 e. The zero-order valence-corrected chi connectivity index (χ0v) is 19.4. The Morgan fingerprint density at radius 3 is 1.81 bits per heavy atom. The number of imidazole rings is 2. The summed E-state index contributed by atoms with van der Waals surface area (Å²) in [5.74, 6) is -1.71. The second-order valence-electron chi connectivity index (χ2n) is 7.32. The van der Waals surface area contributed by atoms with Gasteiger partial charge in [-0.05, 0) is 13.0 Å². The lowest BCUT2D eigenvalue weighted by atomic mass is 10.3. The first-order valence-electron chi connectivity index (χ1n) is 10.6. The molecule has 0 aromatic carbocycles. The van der Waals surface area contributed by atoms with Crippen molar-refractivity contribution in [1.29, 1.82) is 10.8 Å². The number of halogens is 3. The van der Waals surface area contributed by atoms with Crippen molar-refractivity contribution in [2.75, 3.05) is 13.2 Å². The van der Waals surface area contributed by atoms with Gasteiger partial charge in [-0.25, -0.2) is 29.9 Å². The van der Waals surface area contributed by atoms with Gasteiger partial charge in [0.05, 0.1) is 25.9 Å². The van der Waals surface area contributed by atoms with Crippen LogP contribution in [0.1, 0.15) is 30.0 Å². The summed E-state index contributed by atoms with van der Waals surface area (Å²) < 4.78 is 40.9. The molecule has 0 aliphatic rings. The summed E-state index contributed by atoms with van der Waals surface area (Å²) in [6.07, 6.45) is 1.54. The van der Waals surface area contributed by atoms with Gasteiger partial charge in [0, 0.05) is 13.1 Å². The Morgan fingerprint density at radius 1 is 0.892 bits per heavy atom. The first-order chi connectivity index (χ1) is 17.5. The van der Waals surface area contributed by atoms with E-state index in [0.717, 1.165) is 0 Å². The molecule has 0 bridgehead atoms. The average molecular weight is 520 g/mol. The quantitative estimate of drug-likeness (QED) is 0.144. The monoisotopic (exact) mass is 520 g/mol. The van der Waals surface area contributed by atoms with E-state index in [-0.39, 0.29) is 42.5 Å². The van der Waals surface area contributed by atoms with Crippen LogP contribution in [0.5, 0.6) is 0 Å². The highest BCUT2D eigenvalue weighted by Crippen LogP contribution is 2.28. The summed E-state index contributed by atoms with van der Waals surface area (Å²) in [5.41, 5.74) is 11.5. The third kappa shape index (κ3) is 5.84. The third-order valence-electron chi connectivity index (χ3n) is 4.71. The highest BCUT2D eigenvalue weighted by atomic mass is 19.4. The van der Waals surface area contributed by atoms with Gasteiger partial charge in [-0.1, -0.05) is 6.08 Å². The zero-order valence-electron chi connectivity index (χ0n) is 19.4. The summed E-state index contributed by atoms with van der Waals surface area (Å²) in [7, 11) is 0. The van der Waals surface area contributed by atoms with Gasteiger partial charge < -0.3 is 30.8 Å². The Bertz CT molecular complexity index is 1480. The summed E-state index contributed by atoms with van der Waals surface area (Å²) >= 11 is 0. The van der Waals surface area contributed by atoms with E-state index in [4.69, 9.17) is 32.5 Å². The smallest absolute Gasteiger partial charge is 0.395 e. The molecule has 0 unspecified atom stereocenters. The summed E-state index contributed by atoms with van der Waals surface area (Å²) in [6, 6.07) is 0. The molecule has 17 heteroatoms. The Hall–Kier alpha value is -4.51. The predicted molar refractivity (Wildman–Crippen MR) is 127 cm³/mol. The van der Waals surface area contributed by atoms with E-state index >= 15 is 0 Å². The molecule has 0 spiro atoms. The molecule has 0 saturated heterocycles. The summed E-state index contributed by atoms with van der Waals surface area (Å²) in [6.45, 7) is 1.98. The molecular formula is C20H23F3N12O2. The summed E-state index contributed by atoms with van der Waals surface area (Å²) in [5, 5.41) is 32.6. The molecule has 0 radical (unpaired) electrons. The van der Waals surface area contributed by atoms with Crippen LogP contribution in [0.4, 0.5) is 13.2 Å². The fraction of sp³-hybridized carbons (Fsp3) is 0.300. The number of nitrogen functional groups attached to an aromatic ring is 2. The lowest BCUT2D eigenvalue weighted by Gasteiger charge is -2.08. The lowest BCUT2D eigenvalue weighted by Crippen LogP contribution is -2.20. The number of amidine groups is 2. The molecule has 4 heterocycles. The first-order valence-corrected chi connectivity index (χ1v) is 10.6. The maximum Gasteiger partial charge on any atom is 0.451 e. The number of fused-ring (bicyclic) bond motifs is 2. The van der Waals surface area contributed by atoms with E-state index in [0.29, 0.717) is 29.2 Å². The maximum atomic E-state index is 12.7. The SMILES string of the molecule is CC=Cc1nc(C(=N)N)c2ncn(CCO)c2n1.N=C(N)c1nc(C(F)(F)F)nc2c1ncn2CCO. The number of nitrogens with one attached hydrogen (secondary N) is 2. The maximum absolute atomic E-state index is 12.7. The number of rotatable bonds is 7. The normalized spacial score (nSPS) is 11.7. The molecule has 8 N–H and O–H groups in total. The number of hydrogen-bond acceptors (Lipinski definition) is 10. The molecule has 0 aliphatic carbocycles. The summed E-state index contributed by atoms with van der Waals surface area (Å²) in [4.78, 5) is 23.1. The minimum atomic E-state index is -4.76. The Labute approximate surface area is 206 Å². The van der Waals surface area contributed by atoms with E-state index in [9.17, 15) is 13.2 Å². The van der Waals surface area contributed by atoms with Crippen molar-refractivity contribution >= 4 is 40.1 Å². The number of allylic oxidation sites excluding steroid dienone is 1. The van der Waals surface area contributed by atoms with E-state index in [1.165, 1.54) is 10.9 Å². The molecule has 0 amide bonds. The minimum absolute atomic E-state index is 0.00560. The first kappa shape index (κ1) is 27.1. The van der Waals surface area contributed by atoms with Crippen molar-refractivity contribution in [3.8, 4) is 0 Å². The van der Waals surface area contributed by atoms with Crippen LogP contribution in [0.2, 0.25) is 0 Å². The molecular weight excluding hydrogens is 497 g/mol. The van der Waals surface area contributed by atoms with Gasteiger partial charge in [-0.15, -0.1) is 0 Å². The van der Waals surface area contributed by atoms with Gasteiger partial charge in [0.15, 0.2) is 17.1 Å². The number of alkyl halides is 3. The second-order valence-corrected chi connectivity index (χ2v) is 7.32. The average Bonchev–Trinajstić information content (AvgIpc) is 3.43. The number of nitrogens with two attached hydrogens (primary N) is 2. The van der Waals surface area contributed by atoms with Gasteiger partial charge in [-0.3, -0.25) is 10.8 Å². The molecule has 37 heavy (non-hydrogen) atoms. The van der Waals surface area contributed by atoms with E-state index < -0.39 is 17.8 Å². The molecule has 14 nitrogen and oxygen atoms in total. The Morgan fingerprint density at radius 2 is 1.38 bits per heavy atom. The van der Waals surface area contributed by atoms with E-state index in [1.807, 2.05) is 6.92 Å². The van der Waals surface area contributed by atoms with Crippen molar-refractivity contribution in [1.82, 2.24) is 39.0 Å². The van der Waals surface area contributed by atoms with Crippen molar-refractivity contribution in [2.24, 2.45) is 11.5 Å². The van der Waals surface area contributed by atoms with Crippen LogP contribution in [-0.4, -0.2) is 74.1 Å². The number of nitrogens with zero attached hydrogens (tertiary/aromatic N) is 8. The van der Waals surface area contributed by atoms with Crippen molar-refractivity contribution in [3.63, 3.8) is 0 Å². The van der Waals surface area contributed by atoms with E-state index in [1.54, 1.807) is 23.0 Å². The van der Waals surface area contributed by atoms with Gasteiger partial charge >= 0.3 is 6.18 Å². The van der Waals surface area contributed by atoms with E-state index in [2.05, 4.69) is 29.9 Å². The standard InChI is InChI=1S/C11H14N6O.C9H9F3N6O/c1-2-3-7-15-8(10(12)13)9-11(16-7)17(4-5-18)6-14-9;10-9(11,12)8-16-4(6(13)14)5-7(17-8)18(1-2-19)3-15-5/h2-3,6,18H,4-5H2,1H3,(H3,12,13);3,19H,1-2H2,(H3,13,14). The Balaban J connectivity index is 0.000000206. The number of aromatic nitrogens is 8. The lowest BCUT2D eigenvalue weighted by molar-refractivity contribution is -0.144. The zero-order chi connectivity index (χ0) is 27.3. The van der Waals surface area contributed by atoms with Crippen LogP contribution < -0.4 is 11.5 Å². The number of aliphatic hydroxyl groups is 2. The van der Waals surface area contributed by atoms with Crippen LogP contribution in [0, 0.1) is 10.8 Å². The largest absolute Gasteiger partial charge is 0.451 e. The van der Waals surface area contributed by atoms with Gasteiger partial charge in [0.2, 0.25) is 5.82 Å². The number of aliphatic hydroxyl groups excluding tert-OH is 2. The highest BCUT2D eigenvalue weighted by molar-refractivity contribution is 6.03. The van der Waals surface area contributed by atoms with Crippen LogP contribution in [-0.2, 0) is 19.3 Å². The van der Waals surface area contributed by atoms with Gasteiger partial charge in [0.25, 0.3) is 0 Å². The molecule has 0 saturated carbocycles. The fourth-order valence-electron chi connectivity index (χ4n) is 3.17. The number of hydrogen-bond donors (Lipinski definition) is 6. The van der Waals surface area contributed by atoms with Crippen LogP contribution in [0.25, 0.3) is 28.4 Å². The highest BCUT2D eigenvalue weighted by Gasteiger charge is 2.36. The molecule has 4 aromatic heterocycles.